The van der Waals surface area contributed by atoms with Crippen molar-refractivity contribution in [1.82, 2.24) is 5.16 Å². The van der Waals surface area contributed by atoms with E-state index in [0.717, 1.165) is 18.8 Å². The van der Waals surface area contributed by atoms with E-state index in [4.69, 9.17) is 0 Å². The van der Waals surface area contributed by atoms with E-state index >= 15 is 0 Å². The van der Waals surface area contributed by atoms with Crippen LogP contribution in [0.2, 0.25) is 0 Å². The summed E-state index contributed by atoms with van der Waals surface area (Å²) in [7, 11) is 0. The van der Waals surface area contributed by atoms with Gasteiger partial charge in [-0.1, -0.05) is 5.16 Å². The molecule has 0 radical (unpaired) electrons. The number of nitrogens with one attached hydrogen (secondary N) is 2. The summed E-state index contributed by atoms with van der Waals surface area (Å²) >= 11 is 0. The Hall–Kier alpha value is -2.50. The third-order valence-electron chi connectivity index (χ3n) is 3.53. The number of carbonyl (C=O) groups is 1. The molecule has 0 bridgehead atoms. The second-order valence-corrected chi connectivity index (χ2v) is 5.06. The summed E-state index contributed by atoms with van der Waals surface area (Å²) in [5.41, 5.74) is 1.95. The molecule has 1 aliphatic heterocycles. The van der Waals surface area contributed by atoms with Crippen LogP contribution in [0.1, 0.15) is 19.3 Å². The van der Waals surface area contributed by atoms with Gasteiger partial charge in [-0.15, -0.1) is 0 Å². The zero-order chi connectivity index (χ0) is 14.5. The largest absolute Gasteiger partial charge is 0.372 e. The summed E-state index contributed by atoms with van der Waals surface area (Å²) in [6.45, 7) is 2.22. The summed E-state index contributed by atoms with van der Waals surface area (Å²) in [5, 5.41) is 8.96. The predicted molar refractivity (Wildman–Crippen MR) is 81.7 cm³/mol. The van der Waals surface area contributed by atoms with Gasteiger partial charge in [0.1, 0.15) is 6.26 Å². The van der Waals surface area contributed by atoms with Crippen LogP contribution in [0.15, 0.2) is 41.1 Å². The van der Waals surface area contributed by atoms with E-state index in [1.807, 2.05) is 24.3 Å². The average molecular weight is 286 g/mol. The van der Waals surface area contributed by atoms with E-state index in [1.165, 1.54) is 31.2 Å². The van der Waals surface area contributed by atoms with Crippen molar-refractivity contribution >= 4 is 23.2 Å². The number of amides is 2. The molecular weight excluding hydrogens is 268 g/mol. The van der Waals surface area contributed by atoms with Gasteiger partial charge in [0.2, 0.25) is 0 Å². The van der Waals surface area contributed by atoms with Gasteiger partial charge in [-0.3, -0.25) is 5.32 Å². The highest BCUT2D eigenvalue weighted by Crippen LogP contribution is 2.21. The first kappa shape index (κ1) is 13.5. The lowest BCUT2D eigenvalue weighted by Crippen LogP contribution is -2.29. The summed E-state index contributed by atoms with van der Waals surface area (Å²) in [5.74, 6) is 0.387. The number of rotatable bonds is 3. The lowest BCUT2D eigenvalue weighted by Gasteiger charge is -2.28. The monoisotopic (exact) mass is 286 g/mol. The third kappa shape index (κ3) is 3.53. The number of carbonyl (C=O) groups excluding carboxylic acids is 1. The molecule has 1 aromatic carbocycles. The molecule has 1 aliphatic rings. The molecular formula is C15H18N4O2. The van der Waals surface area contributed by atoms with Crippen LogP contribution in [0.5, 0.6) is 0 Å². The molecule has 1 fully saturated rings. The first-order valence-corrected chi connectivity index (χ1v) is 7.15. The van der Waals surface area contributed by atoms with Crippen molar-refractivity contribution < 1.29 is 9.32 Å². The van der Waals surface area contributed by atoms with E-state index in [-0.39, 0.29) is 6.03 Å². The summed E-state index contributed by atoms with van der Waals surface area (Å²) in [4.78, 5) is 14.1. The SMILES string of the molecule is O=C(Nc1ccc(N2CCCCC2)cc1)Nc1ccon1. The number of aromatic nitrogens is 1. The molecule has 0 aliphatic carbocycles. The van der Waals surface area contributed by atoms with E-state index in [2.05, 4.69) is 25.2 Å². The van der Waals surface area contributed by atoms with Gasteiger partial charge in [0, 0.05) is 30.5 Å². The molecule has 2 amide bonds. The van der Waals surface area contributed by atoms with Crippen molar-refractivity contribution in [2.45, 2.75) is 19.3 Å². The Morgan fingerprint density at radius 3 is 2.48 bits per heavy atom. The number of benzene rings is 1. The van der Waals surface area contributed by atoms with Crippen LogP contribution < -0.4 is 15.5 Å². The molecule has 1 aromatic heterocycles. The number of hydrogen-bond donors (Lipinski definition) is 2. The van der Waals surface area contributed by atoms with Crippen molar-refractivity contribution in [3.05, 3.63) is 36.6 Å². The smallest absolute Gasteiger partial charge is 0.324 e. The van der Waals surface area contributed by atoms with Crippen LogP contribution in [-0.2, 0) is 0 Å². The fraction of sp³-hybridized carbons (Fsp3) is 0.333. The Morgan fingerprint density at radius 2 is 1.81 bits per heavy atom. The highest BCUT2D eigenvalue weighted by molar-refractivity contribution is 5.99. The minimum atomic E-state index is -0.338. The molecule has 0 spiro atoms. The van der Waals surface area contributed by atoms with Gasteiger partial charge in [-0.05, 0) is 43.5 Å². The molecule has 2 aromatic rings. The van der Waals surface area contributed by atoms with Gasteiger partial charge in [0.05, 0.1) is 0 Å². The fourth-order valence-electron chi connectivity index (χ4n) is 2.46. The van der Waals surface area contributed by atoms with Crippen LogP contribution in [0, 0.1) is 0 Å². The van der Waals surface area contributed by atoms with Gasteiger partial charge in [-0.25, -0.2) is 4.79 Å². The molecule has 2 N–H and O–H groups in total. The summed E-state index contributed by atoms with van der Waals surface area (Å²) in [6.07, 6.45) is 5.22. The molecule has 0 atom stereocenters. The fourth-order valence-corrected chi connectivity index (χ4v) is 2.46. The van der Waals surface area contributed by atoms with E-state index in [1.54, 1.807) is 6.07 Å². The minimum Gasteiger partial charge on any atom is -0.372 e. The Kier molecular flexibility index (Phi) is 4.04. The van der Waals surface area contributed by atoms with Crippen LogP contribution in [-0.4, -0.2) is 24.3 Å². The Bertz CT molecular complexity index is 574. The summed E-state index contributed by atoms with van der Waals surface area (Å²) in [6, 6.07) is 9.14. The zero-order valence-corrected chi connectivity index (χ0v) is 11.7. The molecule has 0 saturated carbocycles. The van der Waals surface area contributed by atoms with Crippen molar-refractivity contribution in [3.8, 4) is 0 Å². The highest BCUT2D eigenvalue weighted by atomic mass is 16.5. The van der Waals surface area contributed by atoms with Gasteiger partial charge in [0.25, 0.3) is 0 Å². The number of hydrogen-bond acceptors (Lipinski definition) is 4. The van der Waals surface area contributed by atoms with E-state index in [9.17, 15) is 4.79 Å². The van der Waals surface area contributed by atoms with Crippen LogP contribution in [0.25, 0.3) is 0 Å². The zero-order valence-electron chi connectivity index (χ0n) is 11.7. The van der Waals surface area contributed by atoms with Gasteiger partial charge in [0.15, 0.2) is 5.82 Å². The van der Waals surface area contributed by atoms with Gasteiger partial charge in [-0.2, -0.15) is 0 Å². The minimum absolute atomic E-state index is 0.338. The topological polar surface area (TPSA) is 70.4 Å². The quantitative estimate of drug-likeness (QED) is 0.908. The maximum Gasteiger partial charge on any atom is 0.324 e. The van der Waals surface area contributed by atoms with Gasteiger partial charge < -0.3 is 14.7 Å². The van der Waals surface area contributed by atoms with Crippen molar-refractivity contribution in [2.24, 2.45) is 0 Å². The second-order valence-electron chi connectivity index (χ2n) is 5.06. The van der Waals surface area contributed by atoms with Crippen LogP contribution >= 0.6 is 0 Å². The average Bonchev–Trinajstić information content (AvgIpc) is 3.02. The Morgan fingerprint density at radius 1 is 1.05 bits per heavy atom. The molecule has 110 valence electrons. The number of piperidine rings is 1. The highest BCUT2D eigenvalue weighted by Gasteiger charge is 2.11. The van der Waals surface area contributed by atoms with Gasteiger partial charge >= 0.3 is 6.03 Å². The Balaban J connectivity index is 1.57. The van der Waals surface area contributed by atoms with Crippen molar-refractivity contribution in [1.29, 1.82) is 0 Å². The maximum absolute atomic E-state index is 11.8. The molecule has 1 saturated heterocycles. The lowest BCUT2D eigenvalue weighted by molar-refractivity contribution is 0.262. The molecule has 2 heterocycles. The van der Waals surface area contributed by atoms with E-state index in [0.29, 0.717) is 5.82 Å². The first-order valence-electron chi connectivity index (χ1n) is 7.15. The van der Waals surface area contributed by atoms with Crippen molar-refractivity contribution in [3.63, 3.8) is 0 Å². The first-order chi connectivity index (χ1) is 10.3. The number of nitrogens with zero attached hydrogens (tertiary/aromatic N) is 2. The standard InChI is InChI=1S/C15H18N4O2/c20-15(17-14-8-11-21-18-14)16-12-4-6-13(7-5-12)19-9-2-1-3-10-19/h4-8,11H,1-3,9-10H2,(H2,16,17,18,20). The van der Waals surface area contributed by atoms with Crippen LogP contribution in [0.4, 0.5) is 22.0 Å². The lowest BCUT2D eigenvalue weighted by atomic mass is 10.1. The predicted octanol–water partition coefficient (Wildman–Crippen LogP) is 3.31. The molecule has 21 heavy (non-hydrogen) atoms. The van der Waals surface area contributed by atoms with Crippen molar-refractivity contribution in [2.75, 3.05) is 28.6 Å². The summed E-state index contributed by atoms with van der Waals surface area (Å²) < 4.78 is 4.65. The molecule has 6 heteroatoms. The number of urea groups is 1. The second kappa shape index (κ2) is 6.30. The number of anilines is 3. The normalized spacial score (nSPS) is 14.8. The van der Waals surface area contributed by atoms with Crippen LogP contribution in [0.3, 0.4) is 0 Å². The maximum atomic E-state index is 11.8. The van der Waals surface area contributed by atoms with E-state index < -0.39 is 0 Å². The third-order valence-corrected chi connectivity index (χ3v) is 3.53. The molecule has 3 rings (SSSR count). The molecule has 0 unspecified atom stereocenters. The Labute approximate surface area is 123 Å². The molecule has 6 nitrogen and oxygen atoms in total.